The molecule has 2 N–H and O–H groups in total. The highest BCUT2D eigenvalue weighted by atomic mass is 35.5. The topological polar surface area (TPSA) is 49.7 Å². The molecule has 0 heterocycles. The third-order valence-electron chi connectivity index (χ3n) is 1.39. The monoisotopic (exact) mass is 244 g/mol. The minimum absolute atomic E-state index is 1.38. The third kappa shape index (κ3) is 2.16. The first-order chi connectivity index (χ1) is 6.86. The van der Waals surface area contributed by atoms with Crippen LogP contribution in [0.4, 0.5) is 17.6 Å². The Bertz CT molecular complexity index is 371. The molecule has 82 valence electrons. The normalized spacial score (nSPS) is 10.3. The lowest BCUT2D eigenvalue weighted by Gasteiger charge is -2.09. The summed E-state index contributed by atoms with van der Waals surface area (Å²) in [6.45, 7) is 0. The molecule has 9 heteroatoms. The third-order valence-corrected chi connectivity index (χ3v) is 1.72. The van der Waals surface area contributed by atoms with Gasteiger partial charge in [-0.1, -0.05) is 11.6 Å². The Kier molecular flexibility index (Phi) is 3.43. The molecule has 0 spiro atoms. The molecule has 0 aromatic heterocycles. The van der Waals surface area contributed by atoms with E-state index in [1.807, 2.05) is 0 Å². The molecule has 0 atom stereocenters. The molecule has 0 radical (unpaired) electrons. The predicted molar refractivity (Wildman–Crippen MR) is 42.1 cm³/mol. The zero-order chi connectivity index (χ0) is 11.7. The molecule has 0 unspecified atom stereocenters. The van der Waals surface area contributed by atoms with Crippen molar-refractivity contribution < 1.29 is 32.3 Å². The van der Waals surface area contributed by atoms with Crippen LogP contribution in [0.1, 0.15) is 0 Å². The summed E-state index contributed by atoms with van der Waals surface area (Å²) in [5, 5.41) is 15.1. The van der Waals surface area contributed by atoms with E-state index in [1.165, 1.54) is 0 Å². The van der Waals surface area contributed by atoms with Crippen molar-refractivity contribution in [3.63, 3.8) is 0 Å². The second kappa shape index (κ2) is 4.25. The van der Waals surface area contributed by atoms with Crippen molar-refractivity contribution >= 4 is 18.9 Å². The van der Waals surface area contributed by atoms with Gasteiger partial charge in [-0.05, 0) is 0 Å². The summed E-state index contributed by atoms with van der Waals surface area (Å²) in [5.74, 6) is -9.26. The molecule has 1 aromatic carbocycles. The van der Waals surface area contributed by atoms with Crippen molar-refractivity contribution in [3.8, 4) is 5.75 Å². The molecule has 1 aromatic rings. The second-order valence-corrected chi connectivity index (χ2v) is 2.72. The van der Waals surface area contributed by atoms with E-state index < -0.39 is 41.4 Å². The second-order valence-electron chi connectivity index (χ2n) is 2.34. The van der Waals surface area contributed by atoms with Crippen LogP contribution in [0.5, 0.6) is 5.75 Å². The lowest BCUT2D eigenvalue weighted by molar-refractivity contribution is 0.268. The first-order valence-electron chi connectivity index (χ1n) is 3.40. The molecule has 1 rings (SSSR count). The van der Waals surface area contributed by atoms with Gasteiger partial charge >= 0.3 is 7.32 Å². The van der Waals surface area contributed by atoms with Crippen molar-refractivity contribution in [2.24, 2.45) is 0 Å². The van der Waals surface area contributed by atoms with Gasteiger partial charge in [-0.25, -0.2) is 8.78 Å². The molecular weight excluding hydrogens is 242 g/mol. The molecule has 15 heavy (non-hydrogen) atoms. The summed E-state index contributed by atoms with van der Waals surface area (Å²) in [6, 6.07) is 0. The Morgan fingerprint density at radius 1 is 0.933 bits per heavy atom. The maximum atomic E-state index is 12.9. The SMILES string of the molecule is OB(O)Oc1c(F)c(F)c(Cl)c(F)c1F. The van der Waals surface area contributed by atoms with Gasteiger partial charge in [-0.3, -0.25) is 0 Å². The molecule has 0 amide bonds. The number of benzene rings is 1. The molecule has 0 aliphatic heterocycles. The Balaban J connectivity index is 3.39. The molecule has 3 nitrogen and oxygen atoms in total. The van der Waals surface area contributed by atoms with E-state index in [9.17, 15) is 17.6 Å². The van der Waals surface area contributed by atoms with E-state index in [2.05, 4.69) is 4.65 Å². The highest BCUT2D eigenvalue weighted by Crippen LogP contribution is 2.32. The molecule has 0 bridgehead atoms. The fraction of sp³-hybridized carbons (Fsp3) is 0. The zero-order valence-corrected chi connectivity index (χ0v) is 7.53. The van der Waals surface area contributed by atoms with Gasteiger partial charge in [-0.15, -0.1) is 0 Å². The van der Waals surface area contributed by atoms with Gasteiger partial charge in [0.2, 0.25) is 11.6 Å². The fourth-order valence-electron chi connectivity index (χ4n) is 0.794. The number of hydrogen-bond donors (Lipinski definition) is 2. The number of rotatable bonds is 2. The van der Waals surface area contributed by atoms with Crippen molar-refractivity contribution in [2.45, 2.75) is 0 Å². The van der Waals surface area contributed by atoms with Gasteiger partial charge in [0, 0.05) is 0 Å². The van der Waals surface area contributed by atoms with Crippen LogP contribution in [0, 0.1) is 23.3 Å². The zero-order valence-electron chi connectivity index (χ0n) is 6.77. The molecule has 0 saturated carbocycles. The maximum Gasteiger partial charge on any atom is 0.707 e. The minimum atomic E-state index is -2.62. The number of hydrogen-bond acceptors (Lipinski definition) is 3. The Hall–Kier alpha value is -0.985. The van der Waals surface area contributed by atoms with E-state index >= 15 is 0 Å². The first kappa shape index (κ1) is 12.1. The van der Waals surface area contributed by atoms with Crippen LogP contribution in [-0.4, -0.2) is 17.4 Å². The predicted octanol–water partition coefficient (Wildman–Crippen LogP) is 1.24. The van der Waals surface area contributed by atoms with E-state index in [0.29, 0.717) is 0 Å². The first-order valence-corrected chi connectivity index (χ1v) is 3.78. The largest absolute Gasteiger partial charge is 0.707 e. The van der Waals surface area contributed by atoms with E-state index in [-0.39, 0.29) is 0 Å². The van der Waals surface area contributed by atoms with E-state index in [1.54, 1.807) is 0 Å². The van der Waals surface area contributed by atoms with Gasteiger partial charge in [-0.2, -0.15) is 8.78 Å². The van der Waals surface area contributed by atoms with E-state index in [4.69, 9.17) is 21.6 Å². The summed E-state index contributed by atoms with van der Waals surface area (Å²) in [7, 11) is -2.62. The van der Waals surface area contributed by atoms with Crippen LogP contribution in [0.25, 0.3) is 0 Å². The molecule has 0 aliphatic rings. The summed E-state index contributed by atoms with van der Waals surface area (Å²) >= 11 is 4.89. The summed E-state index contributed by atoms with van der Waals surface area (Å²) in [4.78, 5) is 0. The lowest BCUT2D eigenvalue weighted by atomic mass is 10.2. The molecule has 0 aliphatic carbocycles. The summed E-state index contributed by atoms with van der Waals surface area (Å²) in [5.41, 5.74) is 0. The van der Waals surface area contributed by atoms with Gasteiger partial charge in [0.1, 0.15) is 5.02 Å². The highest BCUT2D eigenvalue weighted by molar-refractivity contribution is 6.34. The number of halogens is 5. The van der Waals surface area contributed by atoms with Crippen LogP contribution in [-0.2, 0) is 0 Å². The maximum absolute atomic E-state index is 12.9. The Morgan fingerprint density at radius 3 is 1.67 bits per heavy atom. The summed E-state index contributed by atoms with van der Waals surface area (Å²) < 4.78 is 54.9. The average molecular weight is 244 g/mol. The van der Waals surface area contributed by atoms with Crippen LogP contribution in [0.2, 0.25) is 5.02 Å². The van der Waals surface area contributed by atoms with Crippen molar-refractivity contribution in [1.29, 1.82) is 0 Å². The smallest absolute Gasteiger partial charge is 0.507 e. The Morgan fingerprint density at radius 2 is 1.33 bits per heavy atom. The van der Waals surface area contributed by atoms with Crippen molar-refractivity contribution in [3.05, 3.63) is 28.3 Å². The van der Waals surface area contributed by atoms with Crippen molar-refractivity contribution in [2.75, 3.05) is 0 Å². The van der Waals surface area contributed by atoms with Crippen LogP contribution < -0.4 is 4.65 Å². The molecule has 0 saturated heterocycles. The lowest BCUT2D eigenvalue weighted by Crippen LogP contribution is -2.22. The Labute approximate surface area is 86.0 Å². The molecule has 0 fully saturated rings. The standard InChI is InChI=1S/C6H2BClF4O3/c8-1-2(9)4(11)6(15-7(13)14)5(12)3(1)10/h13-14H. The average Bonchev–Trinajstić information content (AvgIpc) is 2.18. The highest BCUT2D eigenvalue weighted by Gasteiger charge is 2.28. The van der Waals surface area contributed by atoms with Gasteiger partial charge in [0.05, 0.1) is 0 Å². The van der Waals surface area contributed by atoms with Crippen LogP contribution in [0.15, 0.2) is 0 Å². The van der Waals surface area contributed by atoms with Crippen molar-refractivity contribution in [1.82, 2.24) is 0 Å². The van der Waals surface area contributed by atoms with Gasteiger partial charge in [0.25, 0.3) is 0 Å². The van der Waals surface area contributed by atoms with Gasteiger partial charge < -0.3 is 14.7 Å². The molecular formula is C6H2BClF4O3. The van der Waals surface area contributed by atoms with Crippen LogP contribution in [0.3, 0.4) is 0 Å². The fourth-order valence-corrected chi connectivity index (χ4v) is 0.960. The quantitative estimate of drug-likeness (QED) is 0.356. The van der Waals surface area contributed by atoms with Gasteiger partial charge in [0.15, 0.2) is 17.4 Å². The minimum Gasteiger partial charge on any atom is -0.507 e. The van der Waals surface area contributed by atoms with E-state index in [0.717, 1.165) is 0 Å². The van der Waals surface area contributed by atoms with Crippen LogP contribution >= 0.6 is 11.6 Å². The summed E-state index contributed by atoms with van der Waals surface area (Å²) in [6.07, 6.45) is 0.